The number of methoxy groups -OCH3 is 1. The summed E-state index contributed by atoms with van der Waals surface area (Å²) < 4.78 is 5.26. The second-order valence-electron chi connectivity index (χ2n) is 6.66. The highest BCUT2D eigenvalue weighted by atomic mass is 16.5. The quantitative estimate of drug-likeness (QED) is 0.671. The molecular weight excluding hydrogens is 358 g/mol. The van der Waals surface area contributed by atoms with E-state index in [9.17, 15) is 14.4 Å². The van der Waals surface area contributed by atoms with Crippen LogP contribution in [0, 0.1) is 0 Å². The molecule has 2 aromatic carbocycles. The van der Waals surface area contributed by atoms with Crippen molar-refractivity contribution in [3.05, 3.63) is 54.1 Å². The van der Waals surface area contributed by atoms with Gasteiger partial charge in [-0.05, 0) is 30.7 Å². The van der Waals surface area contributed by atoms with Gasteiger partial charge in [-0.25, -0.2) is 0 Å². The third-order valence-electron chi connectivity index (χ3n) is 4.66. The Hall–Kier alpha value is -3.19. The van der Waals surface area contributed by atoms with Crippen molar-refractivity contribution in [3.63, 3.8) is 0 Å². The van der Waals surface area contributed by atoms with Crippen LogP contribution in [0.2, 0.25) is 0 Å². The van der Waals surface area contributed by atoms with Gasteiger partial charge in [0, 0.05) is 0 Å². The summed E-state index contributed by atoms with van der Waals surface area (Å²) in [4.78, 5) is 39.5. The first-order valence-electron chi connectivity index (χ1n) is 9.26. The van der Waals surface area contributed by atoms with Gasteiger partial charge in [-0.1, -0.05) is 31.2 Å². The Bertz CT molecular complexity index is 897. The third-order valence-corrected chi connectivity index (χ3v) is 4.66. The van der Waals surface area contributed by atoms with Crippen molar-refractivity contribution in [1.29, 1.82) is 0 Å². The highest BCUT2D eigenvalue weighted by molar-refractivity contribution is 6.52. The molecule has 2 N–H and O–H groups in total. The third kappa shape index (κ3) is 4.04. The maximum atomic E-state index is 12.6. The average molecular weight is 382 g/mol. The fourth-order valence-electron chi connectivity index (χ4n) is 3.38. The highest BCUT2D eigenvalue weighted by Crippen LogP contribution is 2.27. The summed E-state index contributed by atoms with van der Waals surface area (Å²) >= 11 is 0. The molecule has 0 saturated heterocycles. The average Bonchev–Trinajstić information content (AvgIpc) is 2.93. The number of amides is 2. The molecule has 146 valence electrons. The number of anilines is 2. The monoisotopic (exact) mass is 382 g/mol. The van der Waals surface area contributed by atoms with Crippen LogP contribution in [-0.4, -0.2) is 44.5 Å². The fraction of sp³-hybridized carbons (Fsp3) is 0.286. The number of rotatable bonds is 8. The molecule has 1 atom stereocenters. The first-order valence-corrected chi connectivity index (χ1v) is 9.26. The second-order valence-corrected chi connectivity index (χ2v) is 6.66. The van der Waals surface area contributed by atoms with E-state index >= 15 is 0 Å². The van der Waals surface area contributed by atoms with Gasteiger partial charge in [0.1, 0.15) is 5.75 Å². The highest BCUT2D eigenvalue weighted by Gasteiger charge is 2.37. The Morgan fingerprint density at radius 2 is 1.82 bits per heavy atom. The van der Waals surface area contributed by atoms with Gasteiger partial charge >= 0.3 is 5.91 Å². The first kappa shape index (κ1) is 19.6. The van der Waals surface area contributed by atoms with Gasteiger partial charge < -0.3 is 15.0 Å². The number of ether oxygens (including phenoxy) is 1. The van der Waals surface area contributed by atoms with Crippen molar-refractivity contribution in [2.75, 3.05) is 37.1 Å². The molecule has 3 rings (SSSR count). The maximum absolute atomic E-state index is 12.6. The van der Waals surface area contributed by atoms with E-state index in [0.29, 0.717) is 29.2 Å². The van der Waals surface area contributed by atoms with E-state index in [0.717, 1.165) is 11.3 Å². The Labute approximate surface area is 163 Å². The second kappa shape index (κ2) is 8.67. The molecule has 7 heteroatoms. The molecule has 1 aliphatic heterocycles. The number of ketones is 1. The minimum atomic E-state index is -0.542. The molecule has 7 nitrogen and oxygen atoms in total. The largest absolute Gasteiger partial charge is 0.495 e. The van der Waals surface area contributed by atoms with Crippen LogP contribution in [0.5, 0.6) is 5.75 Å². The molecule has 2 amide bonds. The van der Waals surface area contributed by atoms with Gasteiger partial charge in [0.2, 0.25) is 0 Å². The number of quaternary nitrogens is 1. The van der Waals surface area contributed by atoms with Crippen LogP contribution >= 0.6 is 0 Å². The van der Waals surface area contributed by atoms with Crippen molar-refractivity contribution in [2.24, 2.45) is 0 Å². The summed E-state index contributed by atoms with van der Waals surface area (Å²) in [5.41, 5.74) is 1.63. The standard InChI is InChI=1S/C21H23N3O4/c1-3-12-23(13-19(25)22-16-9-5-7-11-18(16)28-2)14-24-17-10-6-4-8-15(17)20(26)21(24)27/h4-11H,3,12-14H2,1-2H3,(H,22,25)/p+1. The Morgan fingerprint density at radius 1 is 1.11 bits per heavy atom. The summed E-state index contributed by atoms with van der Waals surface area (Å²) in [5, 5.41) is 2.86. The van der Waals surface area contributed by atoms with Gasteiger partial charge in [-0.15, -0.1) is 0 Å². The minimum absolute atomic E-state index is 0.173. The number of fused-ring (bicyclic) bond motifs is 1. The lowest BCUT2D eigenvalue weighted by molar-refractivity contribution is -0.890. The van der Waals surface area contributed by atoms with Crippen LogP contribution in [0.3, 0.4) is 0 Å². The van der Waals surface area contributed by atoms with Crippen molar-refractivity contribution in [2.45, 2.75) is 13.3 Å². The Kier molecular flexibility index (Phi) is 6.06. The molecule has 0 bridgehead atoms. The van der Waals surface area contributed by atoms with Crippen molar-refractivity contribution in [3.8, 4) is 5.75 Å². The number of carbonyl (C=O) groups is 3. The molecule has 0 saturated carbocycles. The Morgan fingerprint density at radius 3 is 2.57 bits per heavy atom. The summed E-state index contributed by atoms with van der Waals surface area (Å²) in [6.07, 6.45) is 0.842. The minimum Gasteiger partial charge on any atom is -0.495 e. The molecule has 0 radical (unpaired) electrons. The molecule has 1 aliphatic rings. The molecule has 0 spiro atoms. The van der Waals surface area contributed by atoms with Crippen LogP contribution in [0.25, 0.3) is 0 Å². The number of benzene rings is 2. The molecule has 1 unspecified atom stereocenters. The summed E-state index contributed by atoms with van der Waals surface area (Å²) in [6.45, 7) is 3.14. The zero-order valence-electron chi connectivity index (χ0n) is 16.0. The zero-order valence-corrected chi connectivity index (χ0v) is 16.0. The maximum Gasteiger partial charge on any atom is 0.303 e. The predicted octanol–water partition coefficient (Wildman–Crippen LogP) is 1.12. The molecule has 1 heterocycles. The normalized spacial score (nSPS) is 14.0. The van der Waals surface area contributed by atoms with Crippen LogP contribution in [0.15, 0.2) is 48.5 Å². The van der Waals surface area contributed by atoms with Crippen LogP contribution in [0.1, 0.15) is 23.7 Å². The fourth-order valence-corrected chi connectivity index (χ4v) is 3.38. The lowest BCUT2D eigenvalue weighted by atomic mass is 10.1. The summed E-state index contributed by atoms with van der Waals surface area (Å²) in [7, 11) is 1.55. The topological polar surface area (TPSA) is 80.2 Å². The van der Waals surface area contributed by atoms with E-state index in [1.165, 1.54) is 4.90 Å². The zero-order chi connectivity index (χ0) is 20.1. The number of nitrogens with zero attached hydrogens (tertiary/aromatic N) is 1. The van der Waals surface area contributed by atoms with Gasteiger partial charge in [-0.3, -0.25) is 19.3 Å². The smallest absolute Gasteiger partial charge is 0.303 e. The van der Waals surface area contributed by atoms with E-state index in [-0.39, 0.29) is 19.1 Å². The molecule has 0 aromatic heterocycles. The molecule has 2 aromatic rings. The number of Topliss-reactive ketones (excluding diaryl/α,β-unsaturated/α-hetero) is 1. The summed E-state index contributed by atoms with van der Waals surface area (Å²) in [5.74, 6) is -0.633. The van der Waals surface area contributed by atoms with E-state index in [2.05, 4.69) is 5.32 Å². The van der Waals surface area contributed by atoms with E-state index in [1.54, 1.807) is 43.5 Å². The molecule has 0 aliphatic carbocycles. The van der Waals surface area contributed by atoms with E-state index < -0.39 is 11.7 Å². The van der Waals surface area contributed by atoms with E-state index in [1.807, 2.05) is 19.1 Å². The number of hydrogen-bond donors (Lipinski definition) is 2. The number of nitrogens with one attached hydrogen (secondary N) is 2. The number of carbonyl (C=O) groups excluding carboxylic acids is 3. The lowest BCUT2D eigenvalue weighted by Crippen LogP contribution is -3.14. The molecule has 0 fully saturated rings. The number of para-hydroxylation sites is 3. The lowest BCUT2D eigenvalue weighted by Gasteiger charge is -2.24. The van der Waals surface area contributed by atoms with Crippen molar-refractivity contribution >= 4 is 29.0 Å². The van der Waals surface area contributed by atoms with Crippen molar-refractivity contribution < 1.29 is 24.0 Å². The van der Waals surface area contributed by atoms with Crippen molar-refractivity contribution in [1.82, 2.24) is 0 Å². The summed E-state index contributed by atoms with van der Waals surface area (Å²) in [6, 6.07) is 14.2. The van der Waals surface area contributed by atoms with E-state index in [4.69, 9.17) is 4.74 Å². The van der Waals surface area contributed by atoms with Gasteiger partial charge in [-0.2, -0.15) is 0 Å². The Balaban J connectivity index is 1.71. The molecule has 28 heavy (non-hydrogen) atoms. The SMILES string of the molecule is CCC[NH+](CC(=O)Nc1ccccc1OC)CN1C(=O)C(=O)c2ccccc21. The molecular formula is C21H24N3O4+. The van der Waals surface area contributed by atoms with Gasteiger partial charge in [0.25, 0.3) is 11.7 Å². The van der Waals surface area contributed by atoms with Crippen LogP contribution in [0.4, 0.5) is 11.4 Å². The predicted molar refractivity (Wildman–Crippen MR) is 106 cm³/mol. The van der Waals surface area contributed by atoms with Crippen LogP contribution in [-0.2, 0) is 9.59 Å². The van der Waals surface area contributed by atoms with Gasteiger partial charge in [0.05, 0.1) is 30.6 Å². The van der Waals surface area contributed by atoms with Gasteiger partial charge in [0.15, 0.2) is 13.2 Å². The number of hydrogen-bond acceptors (Lipinski definition) is 4. The van der Waals surface area contributed by atoms with Crippen LogP contribution < -0.4 is 19.9 Å². The first-order chi connectivity index (χ1) is 13.5.